The normalized spacial score (nSPS) is 17.5. The van der Waals surface area contributed by atoms with E-state index in [1.54, 1.807) is 24.3 Å². The molecule has 31 heavy (non-hydrogen) atoms. The van der Waals surface area contributed by atoms with Crippen molar-refractivity contribution in [2.24, 2.45) is 0 Å². The van der Waals surface area contributed by atoms with E-state index >= 15 is 0 Å². The molecule has 1 N–H and O–H groups in total. The quantitative estimate of drug-likeness (QED) is 0.588. The molecule has 0 spiro atoms. The maximum absolute atomic E-state index is 13.2. The minimum atomic E-state index is -1.98. The lowest BCUT2D eigenvalue weighted by Gasteiger charge is -2.23. The van der Waals surface area contributed by atoms with E-state index in [0.29, 0.717) is 17.0 Å². The van der Waals surface area contributed by atoms with Crippen LogP contribution in [0.5, 0.6) is 5.75 Å². The first kappa shape index (κ1) is 20.8. The van der Waals surface area contributed by atoms with Gasteiger partial charge in [-0.2, -0.15) is 0 Å². The molecule has 0 saturated heterocycles. The average molecular weight is 419 g/mol. The van der Waals surface area contributed by atoms with Crippen molar-refractivity contribution >= 4 is 17.4 Å². The Bertz CT molecular complexity index is 1110. The lowest BCUT2D eigenvalue weighted by atomic mass is 9.88. The molecule has 0 aliphatic carbocycles. The maximum atomic E-state index is 13.2. The summed E-state index contributed by atoms with van der Waals surface area (Å²) in [4.78, 5) is 27.4. The third-order valence-electron chi connectivity index (χ3n) is 5.43. The summed E-state index contributed by atoms with van der Waals surface area (Å²) in [6.07, 6.45) is -0.427. The first-order chi connectivity index (χ1) is 14.9. The fraction of sp³-hybridized carbons (Fsp3) is 0.200. The Morgan fingerprint density at radius 1 is 1.03 bits per heavy atom. The van der Waals surface area contributed by atoms with Gasteiger partial charge < -0.3 is 14.7 Å². The van der Waals surface area contributed by atoms with E-state index in [1.165, 1.54) is 29.2 Å². The van der Waals surface area contributed by atoms with Crippen LogP contribution in [0.2, 0.25) is 0 Å². The molecular weight excluding hydrogens is 397 g/mol. The second kappa shape index (κ2) is 8.32. The molecule has 158 valence electrons. The Balaban J connectivity index is 1.52. The molecule has 3 aromatic carbocycles. The Morgan fingerprint density at radius 2 is 1.71 bits per heavy atom. The predicted octanol–water partition coefficient (Wildman–Crippen LogP) is 4.02. The number of carbonyl (C=O) groups is 2. The van der Waals surface area contributed by atoms with Gasteiger partial charge in [0, 0.05) is 11.1 Å². The van der Waals surface area contributed by atoms with Crippen LogP contribution in [-0.2, 0) is 10.4 Å². The smallest absolute Gasteiger partial charge is 0.264 e. The molecule has 1 amide bonds. The summed E-state index contributed by atoms with van der Waals surface area (Å²) >= 11 is 0. The fourth-order valence-electron chi connectivity index (χ4n) is 3.76. The standard InChI is InChI=1S/C25H22FNO4/c1-17-6-12-20(13-7-17)31-15-14-27-22-5-3-2-4-21(22)25(30,24(27)29)16-23(28)18-8-10-19(26)11-9-18/h2-13,30H,14-16H2,1H3/t25-/m1/s1. The van der Waals surface area contributed by atoms with Gasteiger partial charge in [-0.05, 0) is 49.4 Å². The number of amides is 1. The van der Waals surface area contributed by atoms with Gasteiger partial charge in [0.2, 0.25) is 0 Å². The van der Waals surface area contributed by atoms with Crippen molar-refractivity contribution in [1.82, 2.24) is 0 Å². The average Bonchev–Trinajstić information content (AvgIpc) is 2.97. The zero-order valence-corrected chi connectivity index (χ0v) is 17.0. The van der Waals surface area contributed by atoms with Crippen LogP contribution in [0.1, 0.15) is 27.9 Å². The van der Waals surface area contributed by atoms with Crippen molar-refractivity contribution in [2.75, 3.05) is 18.1 Å². The number of hydrogen-bond acceptors (Lipinski definition) is 4. The Kier molecular flexibility index (Phi) is 5.57. The molecule has 0 saturated carbocycles. The summed E-state index contributed by atoms with van der Waals surface area (Å²) in [5, 5.41) is 11.3. The monoisotopic (exact) mass is 419 g/mol. The topological polar surface area (TPSA) is 66.8 Å². The Hall–Kier alpha value is -3.51. The number of fused-ring (bicyclic) bond motifs is 1. The molecule has 0 aromatic heterocycles. The van der Waals surface area contributed by atoms with Gasteiger partial charge in [0.1, 0.15) is 18.2 Å². The van der Waals surface area contributed by atoms with Crippen LogP contribution in [0.25, 0.3) is 0 Å². The molecule has 4 rings (SSSR count). The number of anilines is 1. The van der Waals surface area contributed by atoms with Crippen molar-refractivity contribution in [3.05, 3.63) is 95.3 Å². The van der Waals surface area contributed by atoms with E-state index in [1.807, 2.05) is 31.2 Å². The van der Waals surface area contributed by atoms with Crippen LogP contribution in [0.4, 0.5) is 10.1 Å². The molecule has 6 heteroatoms. The number of hydrogen-bond donors (Lipinski definition) is 1. The van der Waals surface area contributed by atoms with Gasteiger partial charge >= 0.3 is 0 Å². The number of ether oxygens (including phenoxy) is 1. The van der Waals surface area contributed by atoms with E-state index in [0.717, 1.165) is 5.56 Å². The number of ketones is 1. The van der Waals surface area contributed by atoms with Gasteiger partial charge in [0.05, 0.1) is 18.7 Å². The van der Waals surface area contributed by atoms with E-state index in [4.69, 9.17) is 4.74 Å². The van der Waals surface area contributed by atoms with Gasteiger partial charge in [-0.15, -0.1) is 0 Å². The minimum absolute atomic E-state index is 0.219. The number of halogens is 1. The van der Waals surface area contributed by atoms with E-state index < -0.39 is 29.5 Å². The summed E-state index contributed by atoms with van der Waals surface area (Å²) in [5.41, 5.74) is 0.305. The number of carbonyl (C=O) groups excluding carboxylic acids is 2. The number of aliphatic hydroxyl groups is 1. The first-order valence-electron chi connectivity index (χ1n) is 10.0. The third-order valence-corrected chi connectivity index (χ3v) is 5.43. The van der Waals surface area contributed by atoms with Crippen LogP contribution in [-0.4, -0.2) is 29.9 Å². The second-order valence-corrected chi connectivity index (χ2v) is 7.60. The molecule has 0 fully saturated rings. The molecule has 1 aliphatic rings. The highest BCUT2D eigenvalue weighted by atomic mass is 19.1. The summed E-state index contributed by atoms with van der Waals surface area (Å²) in [7, 11) is 0. The molecular formula is C25H22FNO4. The van der Waals surface area contributed by atoms with Crippen molar-refractivity contribution in [2.45, 2.75) is 18.9 Å². The summed E-state index contributed by atoms with van der Waals surface area (Å²) in [5.74, 6) is -0.787. The van der Waals surface area contributed by atoms with E-state index in [2.05, 4.69) is 0 Å². The van der Waals surface area contributed by atoms with Crippen LogP contribution in [0, 0.1) is 12.7 Å². The van der Waals surface area contributed by atoms with Gasteiger partial charge in [0.25, 0.3) is 5.91 Å². The van der Waals surface area contributed by atoms with Gasteiger partial charge in [-0.3, -0.25) is 9.59 Å². The zero-order chi connectivity index (χ0) is 22.0. The van der Waals surface area contributed by atoms with Gasteiger partial charge in [0.15, 0.2) is 11.4 Å². The molecule has 0 bridgehead atoms. The lowest BCUT2D eigenvalue weighted by Crippen LogP contribution is -2.43. The van der Waals surface area contributed by atoms with E-state index in [-0.39, 0.29) is 18.7 Å². The van der Waals surface area contributed by atoms with Gasteiger partial charge in [-0.1, -0.05) is 35.9 Å². The molecule has 0 radical (unpaired) electrons. The Morgan fingerprint density at radius 3 is 2.42 bits per heavy atom. The highest BCUT2D eigenvalue weighted by Gasteiger charge is 2.50. The number of para-hydroxylation sites is 1. The number of nitrogens with zero attached hydrogens (tertiary/aromatic N) is 1. The van der Waals surface area contributed by atoms with E-state index in [9.17, 15) is 19.1 Å². The highest BCUT2D eigenvalue weighted by Crippen LogP contribution is 2.42. The van der Waals surface area contributed by atoms with Crippen LogP contribution in [0.3, 0.4) is 0 Å². The summed E-state index contributed by atoms with van der Waals surface area (Å²) in [6.45, 7) is 2.43. The van der Waals surface area contributed by atoms with Crippen LogP contribution >= 0.6 is 0 Å². The minimum Gasteiger partial charge on any atom is -0.492 e. The number of benzene rings is 3. The zero-order valence-electron chi connectivity index (χ0n) is 17.0. The molecule has 1 aliphatic heterocycles. The van der Waals surface area contributed by atoms with Crippen LogP contribution in [0.15, 0.2) is 72.8 Å². The highest BCUT2D eigenvalue weighted by molar-refractivity contribution is 6.10. The fourth-order valence-corrected chi connectivity index (χ4v) is 3.76. The number of aryl methyl sites for hydroxylation is 1. The summed E-state index contributed by atoms with van der Waals surface area (Å²) < 4.78 is 18.9. The summed E-state index contributed by atoms with van der Waals surface area (Å²) in [6, 6.07) is 19.5. The first-order valence-corrected chi connectivity index (χ1v) is 10.0. The largest absolute Gasteiger partial charge is 0.492 e. The predicted molar refractivity (Wildman–Crippen MR) is 115 cm³/mol. The Labute approximate surface area is 179 Å². The molecule has 1 atom stereocenters. The van der Waals surface area contributed by atoms with Crippen molar-refractivity contribution in [3.8, 4) is 5.75 Å². The van der Waals surface area contributed by atoms with Crippen molar-refractivity contribution in [3.63, 3.8) is 0 Å². The van der Waals surface area contributed by atoms with Crippen LogP contribution < -0.4 is 9.64 Å². The third kappa shape index (κ3) is 4.07. The maximum Gasteiger partial charge on any atom is 0.264 e. The van der Waals surface area contributed by atoms with Crippen molar-refractivity contribution in [1.29, 1.82) is 0 Å². The number of rotatable bonds is 7. The molecule has 5 nitrogen and oxygen atoms in total. The van der Waals surface area contributed by atoms with Gasteiger partial charge in [-0.25, -0.2) is 4.39 Å². The lowest BCUT2D eigenvalue weighted by molar-refractivity contribution is -0.135. The SMILES string of the molecule is Cc1ccc(OCCN2C(=O)[C@@](O)(CC(=O)c3ccc(F)cc3)c3ccccc32)cc1. The second-order valence-electron chi connectivity index (χ2n) is 7.60. The number of Topliss-reactive ketones (excluding diaryl/α,β-unsaturated/α-hetero) is 1. The molecule has 1 heterocycles. The molecule has 0 unspecified atom stereocenters. The van der Waals surface area contributed by atoms with Crippen molar-refractivity contribution < 1.29 is 23.8 Å². The molecule has 3 aromatic rings.